The molecule has 0 radical (unpaired) electrons. The molecule has 5 rings (SSSR count). The number of H-pyrrole nitrogens is 1. The summed E-state index contributed by atoms with van der Waals surface area (Å²) < 4.78 is 19.6. The molecular formula is C26H29FN4O2S. The maximum atomic E-state index is 13.6. The molecule has 0 aliphatic heterocycles. The van der Waals surface area contributed by atoms with Gasteiger partial charge < -0.3 is 14.3 Å². The van der Waals surface area contributed by atoms with Crippen LogP contribution in [-0.2, 0) is 6.54 Å². The van der Waals surface area contributed by atoms with Crippen LogP contribution in [0.5, 0.6) is 0 Å². The Balaban J connectivity index is 1.31. The third-order valence-corrected chi connectivity index (χ3v) is 7.48. The Labute approximate surface area is 203 Å². The van der Waals surface area contributed by atoms with Gasteiger partial charge in [0.05, 0.1) is 22.4 Å². The van der Waals surface area contributed by atoms with Crippen molar-refractivity contribution in [2.75, 3.05) is 6.54 Å². The molecule has 178 valence electrons. The zero-order chi connectivity index (χ0) is 23.9. The van der Waals surface area contributed by atoms with E-state index in [-0.39, 0.29) is 23.6 Å². The first kappa shape index (κ1) is 22.9. The Morgan fingerprint density at radius 3 is 2.97 bits per heavy atom. The van der Waals surface area contributed by atoms with Crippen LogP contribution in [0.1, 0.15) is 54.5 Å². The Hall–Kier alpha value is -2.84. The summed E-state index contributed by atoms with van der Waals surface area (Å²) in [4.78, 5) is 22.2. The monoisotopic (exact) mass is 480 g/mol. The van der Waals surface area contributed by atoms with Crippen LogP contribution in [0.15, 0.2) is 46.9 Å². The number of hydrogen-bond acceptors (Lipinski definition) is 5. The van der Waals surface area contributed by atoms with Gasteiger partial charge in [0.15, 0.2) is 5.82 Å². The molecule has 0 spiro atoms. The Morgan fingerprint density at radius 2 is 2.18 bits per heavy atom. The number of hydrogen-bond donors (Lipinski definition) is 3. The van der Waals surface area contributed by atoms with Gasteiger partial charge in [-0.05, 0) is 63.3 Å². The molecule has 2 N–H and O–H groups in total. The first-order valence-electron chi connectivity index (χ1n) is 11.8. The van der Waals surface area contributed by atoms with E-state index >= 15 is 0 Å². The van der Waals surface area contributed by atoms with Gasteiger partial charge in [-0.25, -0.2) is 9.37 Å². The standard InChI is InChI=1S/C26H29FN4O2S/c1-3-31(25(32)24-29-20-11-10-17(27)13-21(20)30-24)18-7-6-12-26(34,14-18)28-15-23-16(2)19-8-4-5-9-22(19)33-23/h4-5,8-11,13,18,28,34H,3,6-7,12,14-15H2,1-2H3,(H,29,30)/t18-,26?/m0/s1. The second kappa shape index (κ2) is 9.07. The van der Waals surface area contributed by atoms with Gasteiger partial charge in [-0.1, -0.05) is 18.2 Å². The molecule has 1 unspecified atom stereocenters. The average Bonchev–Trinajstić information content (AvgIpc) is 3.39. The molecular weight excluding hydrogens is 451 g/mol. The van der Waals surface area contributed by atoms with Crippen molar-refractivity contribution in [1.82, 2.24) is 20.2 Å². The van der Waals surface area contributed by atoms with Gasteiger partial charge in [0, 0.05) is 24.0 Å². The molecule has 2 aromatic heterocycles. The van der Waals surface area contributed by atoms with E-state index in [1.807, 2.05) is 30.0 Å². The summed E-state index contributed by atoms with van der Waals surface area (Å²) in [6, 6.07) is 12.4. The highest BCUT2D eigenvalue weighted by molar-refractivity contribution is 7.81. The predicted molar refractivity (Wildman–Crippen MR) is 135 cm³/mol. The van der Waals surface area contributed by atoms with Gasteiger partial charge in [-0.15, -0.1) is 0 Å². The third-order valence-electron chi connectivity index (χ3n) is 6.91. The number of fused-ring (bicyclic) bond motifs is 2. The highest BCUT2D eigenvalue weighted by Gasteiger charge is 2.37. The fourth-order valence-corrected chi connectivity index (χ4v) is 5.52. The van der Waals surface area contributed by atoms with E-state index in [9.17, 15) is 9.18 Å². The number of imidazole rings is 1. The molecule has 8 heteroatoms. The number of aromatic nitrogens is 2. The van der Waals surface area contributed by atoms with Crippen LogP contribution in [0.2, 0.25) is 0 Å². The van der Waals surface area contributed by atoms with Crippen LogP contribution in [-0.4, -0.2) is 38.2 Å². The molecule has 1 aliphatic carbocycles. The van der Waals surface area contributed by atoms with E-state index in [1.165, 1.54) is 12.1 Å². The number of carbonyl (C=O) groups excluding carboxylic acids is 1. The van der Waals surface area contributed by atoms with Crippen LogP contribution >= 0.6 is 12.6 Å². The van der Waals surface area contributed by atoms with Gasteiger partial charge in [-0.2, -0.15) is 12.6 Å². The third kappa shape index (κ3) is 4.32. The number of rotatable bonds is 6. The average molecular weight is 481 g/mol. The molecule has 0 saturated heterocycles. The topological polar surface area (TPSA) is 74.2 Å². The van der Waals surface area contributed by atoms with Crippen molar-refractivity contribution in [2.45, 2.75) is 57.0 Å². The fraction of sp³-hybridized carbons (Fsp3) is 0.385. The number of halogens is 1. The number of carbonyl (C=O) groups is 1. The lowest BCUT2D eigenvalue weighted by Gasteiger charge is -2.42. The molecule has 2 heterocycles. The Morgan fingerprint density at radius 1 is 1.35 bits per heavy atom. The summed E-state index contributed by atoms with van der Waals surface area (Å²) in [6.07, 6.45) is 3.48. The minimum Gasteiger partial charge on any atom is -0.459 e. The number of nitrogens with zero attached hydrogens (tertiary/aromatic N) is 2. The molecule has 2 atom stereocenters. The first-order chi connectivity index (χ1) is 16.4. The zero-order valence-corrected chi connectivity index (χ0v) is 20.3. The molecule has 0 bridgehead atoms. The predicted octanol–water partition coefficient (Wildman–Crippen LogP) is 5.58. The van der Waals surface area contributed by atoms with Crippen molar-refractivity contribution in [2.24, 2.45) is 0 Å². The highest BCUT2D eigenvalue weighted by atomic mass is 32.1. The van der Waals surface area contributed by atoms with Gasteiger partial charge in [0.2, 0.25) is 0 Å². The number of para-hydroxylation sites is 1. The lowest BCUT2D eigenvalue weighted by molar-refractivity contribution is 0.0605. The van der Waals surface area contributed by atoms with Gasteiger partial charge in [0.25, 0.3) is 5.91 Å². The number of nitrogens with one attached hydrogen (secondary N) is 2. The normalized spacial score (nSPS) is 20.8. The van der Waals surface area contributed by atoms with Crippen LogP contribution in [0.3, 0.4) is 0 Å². The summed E-state index contributed by atoms with van der Waals surface area (Å²) >= 11 is 5.02. The van der Waals surface area contributed by atoms with Crippen LogP contribution in [0.25, 0.3) is 22.0 Å². The van der Waals surface area contributed by atoms with Crippen molar-refractivity contribution < 1.29 is 13.6 Å². The van der Waals surface area contributed by atoms with E-state index in [1.54, 1.807) is 6.07 Å². The van der Waals surface area contributed by atoms with Crippen molar-refractivity contribution in [3.05, 3.63) is 65.4 Å². The zero-order valence-electron chi connectivity index (χ0n) is 19.4. The Kier molecular flexibility index (Phi) is 6.12. The largest absolute Gasteiger partial charge is 0.459 e. The summed E-state index contributed by atoms with van der Waals surface area (Å²) in [5, 5.41) is 4.73. The lowest BCUT2D eigenvalue weighted by atomic mass is 9.89. The minimum atomic E-state index is -0.418. The van der Waals surface area contributed by atoms with Crippen LogP contribution in [0, 0.1) is 12.7 Å². The number of thiol groups is 1. The molecule has 1 amide bonds. The molecule has 6 nitrogen and oxygen atoms in total. The van der Waals surface area contributed by atoms with Gasteiger partial charge in [-0.3, -0.25) is 10.1 Å². The van der Waals surface area contributed by atoms with E-state index < -0.39 is 4.87 Å². The van der Waals surface area contributed by atoms with Gasteiger partial charge >= 0.3 is 0 Å². The van der Waals surface area contributed by atoms with E-state index in [0.29, 0.717) is 30.5 Å². The number of furan rings is 1. The van der Waals surface area contributed by atoms with E-state index in [2.05, 4.69) is 28.3 Å². The lowest BCUT2D eigenvalue weighted by Crippen LogP contribution is -2.51. The van der Waals surface area contributed by atoms with Crippen molar-refractivity contribution in [3.63, 3.8) is 0 Å². The summed E-state index contributed by atoms with van der Waals surface area (Å²) in [5.74, 6) is 0.608. The quantitative estimate of drug-likeness (QED) is 0.249. The smallest absolute Gasteiger partial charge is 0.289 e. The summed E-state index contributed by atoms with van der Waals surface area (Å²) in [6.45, 7) is 5.18. The molecule has 1 saturated carbocycles. The van der Waals surface area contributed by atoms with Crippen LogP contribution < -0.4 is 5.32 Å². The van der Waals surface area contributed by atoms with Crippen molar-refractivity contribution in [1.29, 1.82) is 0 Å². The van der Waals surface area contributed by atoms with Gasteiger partial charge in [0.1, 0.15) is 17.2 Å². The molecule has 34 heavy (non-hydrogen) atoms. The SMILES string of the molecule is CCN(C(=O)c1nc2cc(F)ccc2[nH]1)[C@H]1CCCC(S)(NCc2oc3ccccc3c2C)C1. The second-order valence-electron chi connectivity index (χ2n) is 9.12. The number of aryl methyl sites for hydroxylation is 1. The molecule has 1 fully saturated rings. The number of benzene rings is 2. The van der Waals surface area contributed by atoms with Crippen LogP contribution in [0.4, 0.5) is 4.39 Å². The first-order valence-corrected chi connectivity index (χ1v) is 12.2. The number of aromatic amines is 1. The molecule has 2 aromatic carbocycles. The minimum absolute atomic E-state index is 0.0259. The maximum Gasteiger partial charge on any atom is 0.289 e. The summed E-state index contributed by atoms with van der Waals surface area (Å²) in [5.41, 5.74) is 3.13. The van der Waals surface area contributed by atoms with Crippen molar-refractivity contribution >= 4 is 40.5 Å². The second-order valence-corrected chi connectivity index (χ2v) is 9.98. The molecule has 4 aromatic rings. The highest BCUT2D eigenvalue weighted by Crippen LogP contribution is 2.35. The molecule has 1 aliphatic rings. The summed E-state index contributed by atoms with van der Waals surface area (Å²) in [7, 11) is 0. The van der Waals surface area contributed by atoms with Crippen molar-refractivity contribution in [3.8, 4) is 0 Å². The van der Waals surface area contributed by atoms with E-state index in [0.717, 1.165) is 41.6 Å². The Bertz CT molecular complexity index is 1350. The van der Waals surface area contributed by atoms with E-state index in [4.69, 9.17) is 17.0 Å². The fourth-order valence-electron chi connectivity index (χ4n) is 5.07. The maximum absolute atomic E-state index is 13.6. The number of amides is 1.